The molecule has 19 heavy (non-hydrogen) atoms. The van der Waals surface area contributed by atoms with Crippen molar-refractivity contribution in [2.75, 3.05) is 13.2 Å². The van der Waals surface area contributed by atoms with Crippen molar-refractivity contribution in [2.45, 2.75) is 25.3 Å². The number of aryl methyl sites for hydroxylation is 1. The van der Waals surface area contributed by atoms with Crippen molar-refractivity contribution in [3.63, 3.8) is 0 Å². The first kappa shape index (κ1) is 14.9. The lowest BCUT2D eigenvalue weighted by Gasteiger charge is -2.13. The molecule has 0 saturated heterocycles. The molecule has 0 aromatic carbocycles. The number of amides is 2. The lowest BCUT2D eigenvalue weighted by molar-refractivity contribution is -0.139. The van der Waals surface area contributed by atoms with Crippen LogP contribution in [-0.4, -0.2) is 56.6 Å². The van der Waals surface area contributed by atoms with Gasteiger partial charge in [-0.05, 0) is 6.42 Å². The summed E-state index contributed by atoms with van der Waals surface area (Å²) < 4.78 is 0. The monoisotopic (exact) mass is 271 g/mol. The zero-order valence-electron chi connectivity index (χ0n) is 10.3. The number of nitrogens with zero attached hydrogens (tertiary/aromatic N) is 2. The maximum absolute atomic E-state index is 11.4. The number of aromatic amines is 1. The molecule has 0 fully saturated rings. The molecular weight excluding hydrogens is 254 g/mol. The fourth-order valence-corrected chi connectivity index (χ4v) is 1.40. The Morgan fingerprint density at radius 2 is 2.26 bits per heavy atom. The quantitative estimate of drug-likeness (QED) is 0.379. The van der Waals surface area contributed by atoms with E-state index >= 15 is 0 Å². The summed E-state index contributed by atoms with van der Waals surface area (Å²) in [6.07, 6.45) is 2.67. The van der Waals surface area contributed by atoms with Gasteiger partial charge in [-0.3, -0.25) is 5.10 Å². The van der Waals surface area contributed by atoms with E-state index in [4.69, 9.17) is 10.2 Å². The zero-order valence-corrected chi connectivity index (χ0v) is 10.3. The Kier molecular flexibility index (Phi) is 6.30. The average molecular weight is 271 g/mol. The molecule has 2 amide bonds. The van der Waals surface area contributed by atoms with Crippen LogP contribution in [0.4, 0.5) is 4.79 Å². The Bertz CT molecular complexity index is 395. The third-order valence-corrected chi connectivity index (χ3v) is 2.36. The molecule has 1 heterocycles. The van der Waals surface area contributed by atoms with Crippen molar-refractivity contribution in [1.82, 2.24) is 25.8 Å². The molecule has 0 aliphatic carbocycles. The highest BCUT2D eigenvalue weighted by atomic mass is 16.4. The summed E-state index contributed by atoms with van der Waals surface area (Å²) in [7, 11) is 0. The van der Waals surface area contributed by atoms with Crippen molar-refractivity contribution >= 4 is 12.0 Å². The van der Waals surface area contributed by atoms with Crippen LogP contribution in [0.3, 0.4) is 0 Å². The average Bonchev–Trinajstić information content (AvgIpc) is 2.87. The number of aliphatic hydroxyl groups is 1. The molecular formula is C10H17N5O4. The van der Waals surface area contributed by atoms with Crippen LogP contribution in [0.25, 0.3) is 0 Å². The number of aliphatic carboxylic acids is 1. The predicted molar refractivity (Wildman–Crippen MR) is 64.4 cm³/mol. The minimum Gasteiger partial charge on any atom is -0.480 e. The molecule has 1 aromatic rings. The maximum atomic E-state index is 11.4. The predicted octanol–water partition coefficient (Wildman–Crippen LogP) is -1.13. The van der Waals surface area contributed by atoms with E-state index in [0.717, 1.165) is 5.82 Å². The summed E-state index contributed by atoms with van der Waals surface area (Å²) in [5.74, 6) is -0.447. The number of nitrogens with one attached hydrogen (secondary N) is 3. The highest BCUT2D eigenvalue weighted by Gasteiger charge is 2.18. The highest BCUT2D eigenvalue weighted by Crippen LogP contribution is 1.93. The van der Waals surface area contributed by atoms with E-state index in [1.54, 1.807) is 0 Å². The van der Waals surface area contributed by atoms with Gasteiger partial charge in [-0.1, -0.05) is 0 Å². The molecule has 0 radical (unpaired) electrons. The molecule has 9 heteroatoms. The second-order valence-corrected chi connectivity index (χ2v) is 3.84. The summed E-state index contributed by atoms with van der Waals surface area (Å²) in [5.41, 5.74) is 0. The lowest BCUT2D eigenvalue weighted by Crippen LogP contribution is -2.46. The Balaban J connectivity index is 2.17. The molecule has 9 nitrogen and oxygen atoms in total. The van der Waals surface area contributed by atoms with Crippen molar-refractivity contribution in [3.8, 4) is 0 Å². The van der Waals surface area contributed by atoms with E-state index in [1.807, 2.05) is 0 Å². The number of carboxylic acids is 1. The van der Waals surface area contributed by atoms with E-state index < -0.39 is 18.0 Å². The van der Waals surface area contributed by atoms with Gasteiger partial charge in [0, 0.05) is 26.0 Å². The van der Waals surface area contributed by atoms with Crippen LogP contribution >= 0.6 is 0 Å². The molecule has 1 unspecified atom stereocenters. The van der Waals surface area contributed by atoms with Crippen molar-refractivity contribution in [3.05, 3.63) is 12.2 Å². The smallest absolute Gasteiger partial charge is 0.326 e. The van der Waals surface area contributed by atoms with Crippen molar-refractivity contribution < 1.29 is 19.8 Å². The molecule has 0 saturated carbocycles. The Morgan fingerprint density at radius 3 is 2.84 bits per heavy atom. The number of carbonyl (C=O) groups is 2. The Hall–Kier alpha value is -2.16. The first-order valence-electron chi connectivity index (χ1n) is 5.85. The zero-order chi connectivity index (χ0) is 14.1. The summed E-state index contributed by atoms with van der Waals surface area (Å²) in [6.45, 7) is 0.0841. The van der Waals surface area contributed by atoms with Gasteiger partial charge in [0.05, 0.1) is 0 Å². The number of aliphatic hydroxyl groups excluding tert-OH is 1. The Labute approximate surface area is 109 Å². The number of hydrogen-bond donors (Lipinski definition) is 5. The summed E-state index contributed by atoms with van der Waals surface area (Å²) in [4.78, 5) is 26.1. The van der Waals surface area contributed by atoms with Crippen LogP contribution in [0, 0.1) is 0 Å². The fourth-order valence-electron chi connectivity index (χ4n) is 1.40. The molecule has 106 valence electrons. The van der Waals surface area contributed by atoms with E-state index in [9.17, 15) is 9.59 Å². The second kappa shape index (κ2) is 8.03. The van der Waals surface area contributed by atoms with Gasteiger partial charge in [0.2, 0.25) is 0 Å². The minimum atomic E-state index is -1.18. The number of hydrogen-bond acceptors (Lipinski definition) is 5. The highest BCUT2D eigenvalue weighted by molar-refractivity contribution is 5.82. The molecule has 0 spiro atoms. The number of aromatic nitrogens is 3. The van der Waals surface area contributed by atoms with Crippen LogP contribution in [0.5, 0.6) is 0 Å². The number of carboxylic acid groups (broad SMARTS) is 1. The molecule has 1 rings (SSSR count). The topological polar surface area (TPSA) is 140 Å². The van der Waals surface area contributed by atoms with Crippen molar-refractivity contribution in [1.29, 1.82) is 0 Å². The summed E-state index contributed by atoms with van der Waals surface area (Å²) in [5, 5.41) is 28.6. The van der Waals surface area contributed by atoms with E-state index in [1.165, 1.54) is 6.33 Å². The lowest BCUT2D eigenvalue weighted by atomic mass is 10.2. The largest absolute Gasteiger partial charge is 0.480 e. The van der Waals surface area contributed by atoms with E-state index in [2.05, 4.69) is 25.8 Å². The fraction of sp³-hybridized carbons (Fsp3) is 0.600. The van der Waals surface area contributed by atoms with Crippen LogP contribution in [0.15, 0.2) is 6.33 Å². The van der Waals surface area contributed by atoms with Gasteiger partial charge < -0.3 is 20.8 Å². The van der Waals surface area contributed by atoms with Crippen LogP contribution in [0.2, 0.25) is 0 Å². The van der Waals surface area contributed by atoms with Gasteiger partial charge in [-0.2, -0.15) is 5.10 Å². The normalized spacial score (nSPS) is 11.8. The SMILES string of the molecule is O=C(NCCCc1ncn[nH]1)NC(CCO)C(=O)O. The Morgan fingerprint density at radius 1 is 1.47 bits per heavy atom. The molecule has 0 bridgehead atoms. The van der Waals surface area contributed by atoms with Crippen LogP contribution in [-0.2, 0) is 11.2 Å². The minimum absolute atomic E-state index is 0.0270. The third-order valence-electron chi connectivity index (χ3n) is 2.36. The van der Waals surface area contributed by atoms with Gasteiger partial charge in [0.1, 0.15) is 18.2 Å². The first-order valence-corrected chi connectivity index (χ1v) is 5.85. The molecule has 0 aliphatic heterocycles. The first-order chi connectivity index (χ1) is 9.13. The third kappa shape index (κ3) is 5.82. The second-order valence-electron chi connectivity index (χ2n) is 3.84. The number of urea groups is 1. The van der Waals surface area contributed by atoms with Crippen molar-refractivity contribution in [2.24, 2.45) is 0 Å². The molecule has 1 atom stereocenters. The van der Waals surface area contributed by atoms with Gasteiger partial charge in [-0.25, -0.2) is 14.6 Å². The van der Waals surface area contributed by atoms with Crippen LogP contribution < -0.4 is 10.6 Å². The maximum Gasteiger partial charge on any atom is 0.326 e. The number of carbonyl (C=O) groups excluding carboxylic acids is 1. The molecule has 5 N–H and O–H groups in total. The van der Waals surface area contributed by atoms with Gasteiger partial charge in [0.25, 0.3) is 0 Å². The number of rotatable bonds is 8. The van der Waals surface area contributed by atoms with Gasteiger partial charge in [0.15, 0.2) is 0 Å². The number of H-pyrrole nitrogens is 1. The standard InChI is InChI=1S/C10H17N5O4/c16-5-3-7(9(17)18)14-10(19)11-4-1-2-8-12-6-13-15-8/h6-7,16H,1-5H2,(H,17,18)(H2,11,14,19)(H,12,13,15). The molecule has 0 aliphatic rings. The van der Waals surface area contributed by atoms with E-state index in [0.29, 0.717) is 19.4 Å². The van der Waals surface area contributed by atoms with E-state index in [-0.39, 0.29) is 13.0 Å². The van der Waals surface area contributed by atoms with Crippen LogP contribution in [0.1, 0.15) is 18.7 Å². The van der Waals surface area contributed by atoms with Gasteiger partial charge >= 0.3 is 12.0 Å². The molecule has 1 aromatic heterocycles. The summed E-state index contributed by atoms with van der Waals surface area (Å²) in [6, 6.07) is -1.65. The summed E-state index contributed by atoms with van der Waals surface area (Å²) >= 11 is 0. The van der Waals surface area contributed by atoms with Gasteiger partial charge in [-0.15, -0.1) is 0 Å².